The lowest BCUT2D eigenvalue weighted by Crippen LogP contribution is -2.36. The third-order valence-corrected chi connectivity index (χ3v) is 4.71. The van der Waals surface area contributed by atoms with E-state index in [1.165, 1.54) is 7.11 Å². The Kier molecular flexibility index (Phi) is 6.08. The Morgan fingerprint density at radius 1 is 1.31 bits per heavy atom. The number of morpholine rings is 1. The highest BCUT2D eigenvalue weighted by Gasteiger charge is 2.30. The molecule has 0 saturated carbocycles. The van der Waals surface area contributed by atoms with Crippen LogP contribution in [0.3, 0.4) is 0 Å². The molecular formula is C18H25N3O5. The molecule has 0 aliphatic carbocycles. The van der Waals surface area contributed by atoms with Crippen molar-refractivity contribution in [3.05, 3.63) is 23.8 Å². The average molecular weight is 363 g/mol. The van der Waals surface area contributed by atoms with Crippen molar-refractivity contribution in [3.63, 3.8) is 0 Å². The van der Waals surface area contributed by atoms with Gasteiger partial charge >= 0.3 is 5.97 Å². The number of esters is 1. The Morgan fingerprint density at radius 2 is 2.08 bits per heavy atom. The van der Waals surface area contributed by atoms with Crippen LogP contribution in [-0.4, -0.2) is 64.0 Å². The highest BCUT2D eigenvalue weighted by Crippen LogP contribution is 2.26. The first-order valence-electron chi connectivity index (χ1n) is 8.84. The van der Waals surface area contributed by atoms with Crippen LogP contribution in [0.15, 0.2) is 18.2 Å². The first-order valence-corrected chi connectivity index (χ1v) is 8.84. The number of carbonyl (C=O) groups excluding carboxylic acids is 2. The summed E-state index contributed by atoms with van der Waals surface area (Å²) in [5, 5.41) is 2.79. The number of benzene rings is 1. The molecule has 2 heterocycles. The lowest BCUT2D eigenvalue weighted by atomic mass is 10.1. The van der Waals surface area contributed by atoms with E-state index in [9.17, 15) is 9.59 Å². The van der Waals surface area contributed by atoms with Crippen LogP contribution < -0.4 is 16.0 Å². The lowest BCUT2D eigenvalue weighted by molar-refractivity contribution is -0.126. The zero-order valence-electron chi connectivity index (χ0n) is 14.9. The van der Waals surface area contributed by atoms with Crippen LogP contribution in [0, 0.1) is 0 Å². The second kappa shape index (κ2) is 8.48. The third-order valence-electron chi connectivity index (χ3n) is 4.71. The molecule has 0 radical (unpaired) electrons. The number of ether oxygens (including phenoxy) is 3. The number of amides is 1. The zero-order valence-corrected chi connectivity index (χ0v) is 14.9. The highest BCUT2D eigenvalue weighted by molar-refractivity contribution is 6.03. The SMILES string of the molecule is COC(=O)c1cc(N2CCOCC2)ccc1NC(=O)[C@@H]1CC[C@H](CN)O1. The molecule has 0 aromatic heterocycles. The fourth-order valence-electron chi connectivity index (χ4n) is 3.22. The minimum Gasteiger partial charge on any atom is -0.465 e. The Bertz CT molecular complexity index is 660. The number of hydrogen-bond acceptors (Lipinski definition) is 7. The first kappa shape index (κ1) is 18.6. The fourth-order valence-corrected chi connectivity index (χ4v) is 3.22. The second-order valence-electron chi connectivity index (χ2n) is 6.37. The first-order chi connectivity index (χ1) is 12.6. The molecule has 2 aliphatic heterocycles. The summed E-state index contributed by atoms with van der Waals surface area (Å²) in [6.45, 7) is 3.19. The van der Waals surface area contributed by atoms with E-state index in [1.54, 1.807) is 12.1 Å². The van der Waals surface area contributed by atoms with Crippen LogP contribution in [0.5, 0.6) is 0 Å². The van der Waals surface area contributed by atoms with Crippen molar-refractivity contribution in [2.45, 2.75) is 25.0 Å². The summed E-state index contributed by atoms with van der Waals surface area (Å²) in [7, 11) is 1.32. The summed E-state index contributed by atoms with van der Waals surface area (Å²) < 4.78 is 15.9. The Hall–Kier alpha value is -2.16. The quantitative estimate of drug-likeness (QED) is 0.744. The molecule has 8 nitrogen and oxygen atoms in total. The molecule has 8 heteroatoms. The summed E-state index contributed by atoms with van der Waals surface area (Å²) in [5.74, 6) is -0.771. The molecule has 1 aromatic rings. The van der Waals surface area contributed by atoms with Gasteiger partial charge in [-0.25, -0.2) is 4.79 Å². The fraction of sp³-hybridized carbons (Fsp3) is 0.556. The summed E-state index contributed by atoms with van der Waals surface area (Å²) in [4.78, 5) is 26.8. The smallest absolute Gasteiger partial charge is 0.340 e. The molecule has 3 N–H and O–H groups in total. The summed E-state index contributed by atoms with van der Waals surface area (Å²) >= 11 is 0. The van der Waals surface area contributed by atoms with Crippen molar-refractivity contribution in [1.82, 2.24) is 0 Å². The van der Waals surface area contributed by atoms with Gasteiger partial charge in [0.05, 0.1) is 37.7 Å². The molecule has 3 rings (SSSR count). The van der Waals surface area contributed by atoms with Crippen molar-refractivity contribution >= 4 is 23.3 Å². The maximum absolute atomic E-state index is 12.5. The van der Waals surface area contributed by atoms with Crippen LogP contribution in [0.1, 0.15) is 23.2 Å². The van der Waals surface area contributed by atoms with E-state index in [-0.39, 0.29) is 12.0 Å². The van der Waals surface area contributed by atoms with Gasteiger partial charge in [-0.15, -0.1) is 0 Å². The van der Waals surface area contributed by atoms with Crippen molar-refractivity contribution in [1.29, 1.82) is 0 Å². The van der Waals surface area contributed by atoms with E-state index >= 15 is 0 Å². The molecule has 0 bridgehead atoms. The van der Waals surface area contributed by atoms with E-state index in [0.717, 1.165) is 25.2 Å². The molecular weight excluding hydrogens is 338 g/mol. The molecule has 2 atom stereocenters. The zero-order chi connectivity index (χ0) is 18.5. The highest BCUT2D eigenvalue weighted by atomic mass is 16.5. The Labute approximate surface area is 152 Å². The Balaban J connectivity index is 1.77. The number of methoxy groups -OCH3 is 1. The van der Waals surface area contributed by atoms with Gasteiger partial charge in [-0.05, 0) is 31.0 Å². The number of nitrogens with two attached hydrogens (primary N) is 1. The van der Waals surface area contributed by atoms with Gasteiger partial charge in [0, 0.05) is 25.3 Å². The topological polar surface area (TPSA) is 103 Å². The number of nitrogens with zero attached hydrogens (tertiary/aromatic N) is 1. The van der Waals surface area contributed by atoms with Gasteiger partial charge in [0.25, 0.3) is 5.91 Å². The molecule has 0 unspecified atom stereocenters. The van der Waals surface area contributed by atoms with E-state index in [2.05, 4.69) is 10.2 Å². The van der Waals surface area contributed by atoms with E-state index in [1.807, 2.05) is 6.07 Å². The molecule has 26 heavy (non-hydrogen) atoms. The lowest BCUT2D eigenvalue weighted by Gasteiger charge is -2.29. The molecule has 2 saturated heterocycles. The number of hydrogen-bond donors (Lipinski definition) is 2. The largest absolute Gasteiger partial charge is 0.465 e. The maximum Gasteiger partial charge on any atom is 0.340 e. The summed E-state index contributed by atoms with van der Waals surface area (Å²) in [6.07, 6.45) is 0.740. The van der Waals surface area contributed by atoms with E-state index < -0.39 is 12.1 Å². The van der Waals surface area contributed by atoms with Crippen molar-refractivity contribution in [2.75, 3.05) is 50.2 Å². The number of anilines is 2. The van der Waals surface area contributed by atoms with Gasteiger partial charge in [0.2, 0.25) is 0 Å². The van der Waals surface area contributed by atoms with Gasteiger partial charge in [0.15, 0.2) is 0 Å². The molecule has 0 spiro atoms. The third kappa shape index (κ3) is 4.14. The number of rotatable bonds is 5. The number of carbonyl (C=O) groups is 2. The average Bonchev–Trinajstić information content (AvgIpc) is 3.18. The predicted octanol–water partition coefficient (Wildman–Crippen LogP) is 0.755. The predicted molar refractivity (Wildman–Crippen MR) is 96.4 cm³/mol. The van der Waals surface area contributed by atoms with Crippen molar-refractivity contribution < 1.29 is 23.8 Å². The monoisotopic (exact) mass is 363 g/mol. The minimum absolute atomic E-state index is 0.0884. The Morgan fingerprint density at radius 3 is 2.73 bits per heavy atom. The minimum atomic E-state index is -0.548. The summed E-state index contributed by atoms with van der Waals surface area (Å²) in [5.41, 5.74) is 7.22. The van der Waals surface area contributed by atoms with Gasteiger partial charge < -0.3 is 30.2 Å². The summed E-state index contributed by atoms with van der Waals surface area (Å²) in [6, 6.07) is 5.35. The standard InChI is InChI=1S/C18H25N3O5/c1-24-18(23)14-10-12(21-6-8-25-9-7-21)2-4-15(14)20-17(22)16-5-3-13(11-19)26-16/h2,4,10,13,16H,3,5-9,11,19H2,1H3,(H,20,22)/t13-,16+/m1/s1. The van der Waals surface area contributed by atoms with Gasteiger partial charge in [-0.1, -0.05) is 0 Å². The van der Waals surface area contributed by atoms with Crippen LogP contribution in [0.4, 0.5) is 11.4 Å². The molecule has 2 aliphatic rings. The molecule has 1 aromatic carbocycles. The molecule has 142 valence electrons. The van der Waals surface area contributed by atoms with Crippen molar-refractivity contribution in [3.8, 4) is 0 Å². The van der Waals surface area contributed by atoms with Gasteiger partial charge in [-0.2, -0.15) is 0 Å². The van der Waals surface area contributed by atoms with Crippen LogP contribution in [-0.2, 0) is 19.0 Å². The maximum atomic E-state index is 12.5. The van der Waals surface area contributed by atoms with Gasteiger partial charge in [-0.3, -0.25) is 4.79 Å². The molecule has 1 amide bonds. The second-order valence-corrected chi connectivity index (χ2v) is 6.37. The van der Waals surface area contributed by atoms with E-state index in [0.29, 0.717) is 37.4 Å². The normalized spacial score (nSPS) is 22.9. The van der Waals surface area contributed by atoms with Crippen LogP contribution in [0.25, 0.3) is 0 Å². The molecule has 2 fully saturated rings. The van der Waals surface area contributed by atoms with Gasteiger partial charge in [0.1, 0.15) is 6.10 Å². The van der Waals surface area contributed by atoms with Crippen molar-refractivity contribution in [2.24, 2.45) is 5.73 Å². The van der Waals surface area contributed by atoms with E-state index in [4.69, 9.17) is 19.9 Å². The van der Waals surface area contributed by atoms with Crippen LogP contribution in [0.2, 0.25) is 0 Å². The number of nitrogens with one attached hydrogen (secondary N) is 1. The van der Waals surface area contributed by atoms with Crippen LogP contribution >= 0.6 is 0 Å².